The molecule has 1 heterocycles. The van der Waals surface area contributed by atoms with Crippen molar-refractivity contribution in [3.63, 3.8) is 0 Å². The quantitative estimate of drug-likeness (QED) is 0.581. The monoisotopic (exact) mass is 161 g/mol. The highest BCUT2D eigenvalue weighted by molar-refractivity contribution is 5.98. The van der Waals surface area contributed by atoms with Crippen molar-refractivity contribution in [2.24, 2.45) is 0 Å². The Hall–Kier alpha value is -1.18. The number of ketones is 1. The molecule has 0 unspecified atom stereocenters. The van der Waals surface area contributed by atoms with Gasteiger partial charge in [-0.05, 0) is 31.4 Å². The van der Waals surface area contributed by atoms with Crippen molar-refractivity contribution in [3.05, 3.63) is 29.1 Å². The molecule has 1 aliphatic rings. The fraction of sp³-hybridized carbons (Fsp3) is 0.400. The minimum Gasteiger partial charge on any atom is -0.294 e. The third-order valence-corrected chi connectivity index (χ3v) is 2.40. The SMILES string of the molecule is Cc1nccc2c1CCCC2=O. The largest absolute Gasteiger partial charge is 0.294 e. The standard InChI is InChI=1S/C10H11NO/c1-7-8-3-2-4-10(12)9(8)5-6-11-7/h5-6H,2-4H2,1H3. The van der Waals surface area contributed by atoms with E-state index in [0.717, 1.165) is 29.7 Å². The highest BCUT2D eigenvalue weighted by atomic mass is 16.1. The molecule has 0 amide bonds. The van der Waals surface area contributed by atoms with Gasteiger partial charge in [-0.25, -0.2) is 0 Å². The van der Waals surface area contributed by atoms with Gasteiger partial charge < -0.3 is 0 Å². The number of hydrogen-bond donors (Lipinski definition) is 0. The van der Waals surface area contributed by atoms with Gasteiger partial charge in [-0.2, -0.15) is 0 Å². The van der Waals surface area contributed by atoms with Crippen LogP contribution in [0.4, 0.5) is 0 Å². The van der Waals surface area contributed by atoms with E-state index in [2.05, 4.69) is 4.98 Å². The first-order chi connectivity index (χ1) is 5.79. The third kappa shape index (κ3) is 1.04. The van der Waals surface area contributed by atoms with Gasteiger partial charge in [0.25, 0.3) is 0 Å². The number of pyridine rings is 1. The zero-order valence-electron chi connectivity index (χ0n) is 7.13. The van der Waals surface area contributed by atoms with E-state index in [4.69, 9.17) is 0 Å². The summed E-state index contributed by atoms with van der Waals surface area (Å²) in [5, 5.41) is 0. The van der Waals surface area contributed by atoms with Crippen LogP contribution in [0.25, 0.3) is 0 Å². The van der Waals surface area contributed by atoms with Crippen LogP contribution in [0.1, 0.15) is 34.5 Å². The van der Waals surface area contributed by atoms with Crippen LogP contribution in [0, 0.1) is 6.92 Å². The number of carbonyl (C=O) groups is 1. The molecule has 2 rings (SSSR count). The Labute approximate surface area is 71.6 Å². The molecule has 0 bridgehead atoms. The number of Topliss-reactive ketones (excluding diaryl/α,β-unsaturated/α-hetero) is 1. The lowest BCUT2D eigenvalue weighted by molar-refractivity contribution is 0.0972. The first-order valence-corrected chi connectivity index (χ1v) is 4.27. The molecule has 0 fully saturated rings. The summed E-state index contributed by atoms with van der Waals surface area (Å²) in [5.41, 5.74) is 3.07. The van der Waals surface area contributed by atoms with Crippen molar-refractivity contribution in [3.8, 4) is 0 Å². The Morgan fingerprint density at radius 3 is 3.00 bits per heavy atom. The summed E-state index contributed by atoms with van der Waals surface area (Å²) in [7, 11) is 0. The molecule has 2 nitrogen and oxygen atoms in total. The van der Waals surface area contributed by atoms with Crippen LogP contribution in [0.3, 0.4) is 0 Å². The number of aromatic nitrogens is 1. The van der Waals surface area contributed by atoms with Gasteiger partial charge in [0.15, 0.2) is 5.78 Å². The second-order valence-electron chi connectivity index (χ2n) is 3.20. The molecule has 0 spiro atoms. The molecule has 1 aliphatic carbocycles. The summed E-state index contributed by atoms with van der Waals surface area (Å²) in [6.07, 6.45) is 4.42. The summed E-state index contributed by atoms with van der Waals surface area (Å²) in [4.78, 5) is 15.6. The van der Waals surface area contributed by atoms with Crippen molar-refractivity contribution in [2.45, 2.75) is 26.2 Å². The second-order valence-corrected chi connectivity index (χ2v) is 3.20. The Balaban J connectivity index is 2.59. The fourth-order valence-electron chi connectivity index (χ4n) is 1.73. The molecular formula is C10H11NO. The Morgan fingerprint density at radius 2 is 2.25 bits per heavy atom. The van der Waals surface area contributed by atoms with Crippen molar-refractivity contribution in [2.75, 3.05) is 0 Å². The molecule has 12 heavy (non-hydrogen) atoms. The van der Waals surface area contributed by atoms with E-state index in [9.17, 15) is 4.79 Å². The van der Waals surface area contributed by atoms with Crippen LogP contribution >= 0.6 is 0 Å². The van der Waals surface area contributed by atoms with E-state index in [1.54, 1.807) is 6.20 Å². The molecule has 0 N–H and O–H groups in total. The topological polar surface area (TPSA) is 30.0 Å². The summed E-state index contributed by atoms with van der Waals surface area (Å²) in [5.74, 6) is 0.279. The molecule has 0 aromatic carbocycles. The molecule has 62 valence electrons. The molecule has 1 aromatic heterocycles. The van der Waals surface area contributed by atoms with E-state index in [1.165, 1.54) is 0 Å². The molecular weight excluding hydrogens is 150 g/mol. The lowest BCUT2D eigenvalue weighted by Gasteiger charge is -2.15. The van der Waals surface area contributed by atoms with E-state index >= 15 is 0 Å². The normalized spacial score (nSPS) is 15.9. The van der Waals surface area contributed by atoms with E-state index in [1.807, 2.05) is 13.0 Å². The fourth-order valence-corrected chi connectivity index (χ4v) is 1.73. The van der Waals surface area contributed by atoms with Crippen molar-refractivity contribution in [1.82, 2.24) is 4.98 Å². The van der Waals surface area contributed by atoms with Crippen LogP contribution in [-0.4, -0.2) is 10.8 Å². The third-order valence-electron chi connectivity index (χ3n) is 2.40. The number of carbonyl (C=O) groups excluding carboxylic acids is 1. The maximum atomic E-state index is 11.4. The van der Waals surface area contributed by atoms with Gasteiger partial charge in [-0.3, -0.25) is 9.78 Å². The summed E-state index contributed by atoms with van der Waals surface area (Å²) < 4.78 is 0. The minimum absolute atomic E-state index is 0.279. The van der Waals surface area contributed by atoms with Gasteiger partial charge in [0.1, 0.15) is 0 Å². The van der Waals surface area contributed by atoms with Gasteiger partial charge >= 0.3 is 0 Å². The summed E-state index contributed by atoms with van der Waals surface area (Å²) in [6.45, 7) is 1.97. The van der Waals surface area contributed by atoms with Gasteiger partial charge in [0, 0.05) is 23.9 Å². The molecule has 0 saturated carbocycles. The van der Waals surface area contributed by atoms with Crippen LogP contribution in [0.15, 0.2) is 12.3 Å². The number of aryl methyl sites for hydroxylation is 1. The molecule has 0 aliphatic heterocycles. The first kappa shape index (κ1) is 7.47. The number of rotatable bonds is 0. The van der Waals surface area contributed by atoms with E-state index in [0.29, 0.717) is 6.42 Å². The second kappa shape index (κ2) is 2.70. The van der Waals surface area contributed by atoms with Crippen molar-refractivity contribution >= 4 is 5.78 Å². The van der Waals surface area contributed by atoms with Crippen molar-refractivity contribution < 1.29 is 4.79 Å². The highest BCUT2D eigenvalue weighted by Gasteiger charge is 2.18. The van der Waals surface area contributed by atoms with Gasteiger partial charge in [0.2, 0.25) is 0 Å². The molecule has 1 aromatic rings. The smallest absolute Gasteiger partial charge is 0.163 e. The van der Waals surface area contributed by atoms with E-state index in [-0.39, 0.29) is 5.78 Å². The zero-order valence-corrected chi connectivity index (χ0v) is 7.13. The molecule has 2 heteroatoms. The number of nitrogens with zero attached hydrogens (tertiary/aromatic N) is 1. The average molecular weight is 161 g/mol. The minimum atomic E-state index is 0.279. The maximum Gasteiger partial charge on any atom is 0.163 e. The van der Waals surface area contributed by atoms with E-state index < -0.39 is 0 Å². The van der Waals surface area contributed by atoms with Crippen LogP contribution in [-0.2, 0) is 6.42 Å². The molecule has 0 atom stereocenters. The van der Waals surface area contributed by atoms with Gasteiger partial charge in [-0.15, -0.1) is 0 Å². The molecule has 0 radical (unpaired) electrons. The lowest BCUT2D eigenvalue weighted by Crippen LogP contribution is -2.12. The van der Waals surface area contributed by atoms with Crippen LogP contribution < -0.4 is 0 Å². The molecule has 0 saturated heterocycles. The van der Waals surface area contributed by atoms with Gasteiger partial charge in [0.05, 0.1) is 0 Å². The first-order valence-electron chi connectivity index (χ1n) is 4.27. The predicted octanol–water partition coefficient (Wildman–Crippen LogP) is 1.91. The Bertz CT molecular complexity index is 331. The maximum absolute atomic E-state index is 11.4. The Kier molecular flexibility index (Phi) is 1.68. The van der Waals surface area contributed by atoms with Crippen LogP contribution in [0.2, 0.25) is 0 Å². The van der Waals surface area contributed by atoms with Crippen LogP contribution in [0.5, 0.6) is 0 Å². The van der Waals surface area contributed by atoms with Crippen molar-refractivity contribution in [1.29, 1.82) is 0 Å². The number of fused-ring (bicyclic) bond motifs is 1. The predicted molar refractivity (Wildman–Crippen MR) is 46.2 cm³/mol. The lowest BCUT2D eigenvalue weighted by atomic mass is 9.90. The average Bonchev–Trinajstić information content (AvgIpc) is 2.07. The van der Waals surface area contributed by atoms with Gasteiger partial charge in [-0.1, -0.05) is 0 Å². The Morgan fingerprint density at radius 1 is 1.42 bits per heavy atom. The highest BCUT2D eigenvalue weighted by Crippen LogP contribution is 2.22. The summed E-state index contributed by atoms with van der Waals surface area (Å²) in [6, 6.07) is 1.84. The zero-order chi connectivity index (χ0) is 8.55. The number of hydrogen-bond acceptors (Lipinski definition) is 2. The summed E-state index contributed by atoms with van der Waals surface area (Å²) >= 11 is 0.